The van der Waals surface area contributed by atoms with Crippen LogP contribution < -0.4 is 10.6 Å². The van der Waals surface area contributed by atoms with E-state index in [1.807, 2.05) is 0 Å². The Morgan fingerprint density at radius 2 is 1.11 bits per heavy atom. The van der Waals surface area contributed by atoms with Crippen LogP contribution in [-0.4, -0.2) is 19.6 Å². The average Bonchev–Trinajstić information content (AvgIpc) is 2.24. The van der Waals surface area contributed by atoms with Crippen molar-refractivity contribution in [1.29, 1.82) is 0 Å². The molecule has 2 rings (SSSR count). The summed E-state index contributed by atoms with van der Waals surface area (Å²) in [4.78, 5) is 36.9. The molecule has 0 bridgehead atoms. The van der Waals surface area contributed by atoms with Crippen molar-refractivity contribution in [2.45, 2.75) is 0 Å². The Kier molecular flexibility index (Phi) is 3.19. The Bertz CT molecular complexity index is 642. The van der Waals surface area contributed by atoms with Gasteiger partial charge >= 0.3 is 15.2 Å². The molecule has 18 heavy (non-hydrogen) atoms. The smallest absolute Gasteiger partial charge is 0.321 e. The van der Waals surface area contributed by atoms with Crippen LogP contribution in [-0.2, 0) is 9.13 Å². The van der Waals surface area contributed by atoms with Crippen LogP contribution in [0, 0.1) is 0 Å². The van der Waals surface area contributed by atoms with Gasteiger partial charge in [0.2, 0.25) is 0 Å². The van der Waals surface area contributed by atoms with Crippen molar-refractivity contribution in [3.63, 3.8) is 0 Å². The lowest BCUT2D eigenvalue weighted by molar-refractivity contribution is 0.386. The maximum absolute atomic E-state index is 11.4. The van der Waals surface area contributed by atoms with Crippen LogP contribution >= 0.6 is 15.2 Å². The summed E-state index contributed by atoms with van der Waals surface area (Å²) in [5, 5.41) is -0.462. The molecular formula is C10H10O6P2. The quantitative estimate of drug-likeness (QED) is 0.596. The van der Waals surface area contributed by atoms with E-state index in [4.69, 9.17) is 0 Å². The highest BCUT2D eigenvalue weighted by atomic mass is 31.2. The lowest BCUT2D eigenvalue weighted by atomic mass is 10.1. The molecule has 4 N–H and O–H groups in total. The fourth-order valence-electron chi connectivity index (χ4n) is 1.79. The standard InChI is InChI=1S/C10H10O6P2/c11-17(12,13)8-5-1-3-7-4-2-6-9(10(7)8)18(14,15)16/h1-6H,(H2,11,12,13)(H2,14,15,16). The summed E-state index contributed by atoms with van der Waals surface area (Å²) >= 11 is 0. The van der Waals surface area contributed by atoms with Gasteiger partial charge in [-0.1, -0.05) is 24.3 Å². The third kappa shape index (κ3) is 2.40. The van der Waals surface area contributed by atoms with Crippen LogP contribution in [0.5, 0.6) is 0 Å². The van der Waals surface area contributed by atoms with E-state index < -0.39 is 15.2 Å². The van der Waals surface area contributed by atoms with Crippen molar-refractivity contribution < 1.29 is 28.7 Å². The summed E-state index contributed by atoms with van der Waals surface area (Å²) in [6.07, 6.45) is 0. The molecule has 0 radical (unpaired) electrons. The first-order chi connectivity index (χ1) is 8.21. The largest absolute Gasteiger partial charge is 0.356 e. The van der Waals surface area contributed by atoms with Gasteiger partial charge in [-0.15, -0.1) is 0 Å². The zero-order valence-corrected chi connectivity index (χ0v) is 10.8. The van der Waals surface area contributed by atoms with E-state index in [0.29, 0.717) is 5.39 Å². The van der Waals surface area contributed by atoms with Crippen LogP contribution in [0.1, 0.15) is 0 Å². The van der Waals surface area contributed by atoms with Crippen LogP contribution in [0.25, 0.3) is 10.8 Å². The van der Waals surface area contributed by atoms with E-state index in [2.05, 4.69) is 0 Å². The van der Waals surface area contributed by atoms with Gasteiger partial charge in [0.1, 0.15) is 0 Å². The van der Waals surface area contributed by atoms with Gasteiger partial charge in [-0.25, -0.2) is 0 Å². The van der Waals surface area contributed by atoms with Gasteiger partial charge in [-0.3, -0.25) is 9.13 Å². The van der Waals surface area contributed by atoms with Gasteiger partial charge < -0.3 is 19.6 Å². The molecule has 0 atom stereocenters. The zero-order chi connectivity index (χ0) is 13.6. The molecule has 6 nitrogen and oxygen atoms in total. The van der Waals surface area contributed by atoms with Crippen molar-refractivity contribution >= 4 is 36.6 Å². The maximum Gasteiger partial charge on any atom is 0.356 e. The highest BCUT2D eigenvalue weighted by Crippen LogP contribution is 2.41. The van der Waals surface area contributed by atoms with Gasteiger partial charge in [0.25, 0.3) is 0 Å². The van der Waals surface area contributed by atoms with Gasteiger partial charge in [-0.05, 0) is 17.5 Å². The van der Waals surface area contributed by atoms with Crippen LogP contribution in [0.4, 0.5) is 0 Å². The second-order valence-electron chi connectivity index (χ2n) is 3.74. The van der Waals surface area contributed by atoms with E-state index in [0.717, 1.165) is 0 Å². The van der Waals surface area contributed by atoms with Crippen molar-refractivity contribution in [3.05, 3.63) is 36.4 Å². The highest BCUT2D eigenvalue weighted by Gasteiger charge is 2.27. The summed E-state index contributed by atoms with van der Waals surface area (Å²) in [5.74, 6) is 0. The molecule has 0 saturated heterocycles. The van der Waals surface area contributed by atoms with E-state index in [1.165, 1.54) is 36.4 Å². The summed E-state index contributed by atoms with van der Waals surface area (Å²) in [5.41, 5.74) is 0. The average molecular weight is 288 g/mol. The number of fused-ring (bicyclic) bond motifs is 1. The van der Waals surface area contributed by atoms with Gasteiger partial charge in [0, 0.05) is 5.39 Å². The molecule has 2 aromatic rings. The van der Waals surface area contributed by atoms with Crippen molar-refractivity contribution in [2.24, 2.45) is 0 Å². The van der Waals surface area contributed by atoms with Gasteiger partial charge in [0.15, 0.2) is 0 Å². The molecule has 0 aromatic heterocycles. The third-order valence-corrected chi connectivity index (χ3v) is 4.49. The predicted molar refractivity (Wildman–Crippen MR) is 67.3 cm³/mol. The fourth-order valence-corrected chi connectivity index (χ4v) is 3.52. The lowest BCUT2D eigenvalue weighted by Crippen LogP contribution is -2.15. The summed E-state index contributed by atoms with van der Waals surface area (Å²) in [6, 6.07) is 8.27. The number of hydrogen-bond acceptors (Lipinski definition) is 2. The third-order valence-electron chi connectivity index (χ3n) is 2.49. The minimum atomic E-state index is -4.60. The van der Waals surface area contributed by atoms with Gasteiger partial charge in [-0.2, -0.15) is 0 Å². The Labute approximate surface area is 102 Å². The monoisotopic (exact) mass is 288 g/mol. The molecule has 8 heteroatoms. The van der Waals surface area contributed by atoms with Gasteiger partial charge in [0.05, 0.1) is 10.6 Å². The Morgan fingerprint density at radius 3 is 1.44 bits per heavy atom. The molecule has 0 aliphatic rings. The first-order valence-corrected chi connectivity index (χ1v) is 8.08. The second kappa shape index (κ2) is 4.28. The van der Waals surface area contributed by atoms with Crippen LogP contribution in [0.15, 0.2) is 36.4 Å². The van der Waals surface area contributed by atoms with E-state index >= 15 is 0 Å². The number of rotatable bonds is 2. The van der Waals surface area contributed by atoms with Crippen molar-refractivity contribution in [1.82, 2.24) is 0 Å². The van der Waals surface area contributed by atoms with E-state index in [1.54, 1.807) is 0 Å². The Hall–Kier alpha value is -1.00. The molecule has 0 aliphatic carbocycles. The summed E-state index contributed by atoms with van der Waals surface area (Å²) < 4.78 is 22.7. The minimum absolute atomic E-state index is 0.0818. The summed E-state index contributed by atoms with van der Waals surface area (Å²) in [7, 11) is -9.21. The van der Waals surface area contributed by atoms with E-state index in [9.17, 15) is 28.7 Å². The molecule has 0 heterocycles. The first-order valence-electron chi connectivity index (χ1n) is 4.85. The molecular weight excluding hydrogens is 278 g/mol. The molecule has 0 unspecified atom stereocenters. The van der Waals surface area contributed by atoms with E-state index in [-0.39, 0.29) is 16.0 Å². The number of hydrogen-bond donors (Lipinski definition) is 4. The molecule has 96 valence electrons. The first kappa shape index (κ1) is 13.4. The Morgan fingerprint density at radius 1 is 0.722 bits per heavy atom. The molecule has 0 amide bonds. The van der Waals surface area contributed by atoms with Crippen molar-refractivity contribution in [2.75, 3.05) is 0 Å². The maximum atomic E-state index is 11.4. The topological polar surface area (TPSA) is 115 Å². The van der Waals surface area contributed by atoms with Crippen molar-refractivity contribution in [3.8, 4) is 0 Å². The zero-order valence-electron chi connectivity index (χ0n) is 8.96. The highest BCUT2D eigenvalue weighted by molar-refractivity contribution is 7.63. The summed E-state index contributed by atoms with van der Waals surface area (Å²) in [6.45, 7) is 0. The van der Waals surface area contributed by atoms with Crippen LogP contribution in [0.3, 0.4) is 0 Å². The van der Waals surface area contributed by atoms with Crippen LogP contribution in [0.2, 0.25) is 0 Å². The normalized spacial score (nSPS) is 12.9. The molecule has 0 fully saturated rings. The Balaban J connectivity index is 2.99. The number of benzene rings is 2. The molecule has 0 spiro atoms. The SMILES string of the molecule is O=P(O)(O)c1cccc2cccc(P(=O)(O)O)c12. The lowest BCUT2D eigenvalue weighted by Gasteiger charge is -2.13. The molecule has 0 saturated carbocycles. The minimum Gasteiger partial charge on any atom is -0.321 e. The second-order valence-corrected chi connectivity index (χ2v) is 6.88. The molecule has 2 aromatic carbocycles. The predicted octanol–water partition coefficient (Wildman–Crippen LogP) is 0.446. The molecule has 0 aliphatic heterocycles. The fraction of sp³-hybridized carbons (Fsp3) is 0.